The summed E-state index contributed by atoms with van der Waals surface area (Å²) in [6.07, 6.45) is -0.0616. The van der Waals surface area contributed by atoms with Crippen molar-refractivity contribution in [2.45, 2.75) is 25.9 Å². The van der Waals surface area contributed by atoms with E-state index in [-0.39, 0.29) is 18.2 Å². The van der Waals surface area contributed by atoms with Crippen molar-refractivity contribution in [1.82, 2.24) is 4.90 Å². The van der Waals surface area contributed by atoms with Gasteiger partial charge >= 0.3 is 0 Å². The zero-order chi connectivity index (χ0) is 25.1. The molecule has 1 atom stereocenters. The molecular formula is C27H27FN2O5. The number of carbonyl (C=O) groups excluding carboxylic acids is 2. The van der Waals surface area contributed by atoms with Crippen molar-refractivity contribution in [2.75, 3.05) is 26.6 Å². The van der Waals surface area contributed by atoms with Crippen LogP contribution in [0.3, 0.4) is 0 Å². The van der Waals surface area contributed by atoms with Crippen molar-refractivity contribution >= 4 is 17.5 Å². The molecule has 8 heteroatoms. The second kappa shape index (κ2) is 10.0. The van der Waals surface area contributed by atoms with Crippen LogP contribution in [0.25, 0.3) is 0 Å². The van der Waals surface area contributed by atoms with Crippen molar-refractivity contribution in [3.05, 3.63) is 82.7 Å². The maximum Gasteiger partial charge on any atom is 0.255 e. The average molecular weight is 479 g/mol. The van der Waals surface area contributed by atoms with E-state index in [9.17, 15) is 14.0 Å². The molecule has 0 saturated carbocycles. The SMILES string of the molecule is COc1cc([C@H](CC(=O)Nc2ccc(C)c(F)c2)N2Cc3ccccc3C2=O)cc(OC)c1OC. The summed E-state index contributed by atoms with van der Waals surface area (Å²) in [5.41, 5.74) is 2.96. The Labute approximate surface area is 203 Å². The number of amides is 2. The molecule has 1 aliphatic heterocycles. The molecule has 4 rings (SSSR count). The number of hydrogen-bond acceptors (Lipinski definition) is 5. The van der Waals surface area contributed by atoms with Crippen LogP contribution >= 0.6 is 0 Å². The van der Waals surface area contributed by atoms with Gasteiger partial charge in [-0.2, -0.15) is 0 Å². The summed E-state index contributed by atoms with van der Waals surface area (Å²) in [5, 5.41) is 2.75. The van der Waals surface area contributed by atoms with E-state index in [0.717, 1.165) is 5.56 Å². The highest BCUT2D eigenvalue weighted by molar-refractivity contribution is 5.99. The van der Waals surface area contributed by atoms with Gasteiger partial charge in [-0.25, -0.2) is 4.39 Å². The molecule has 0 aliphatic carbocycles. The van der Waals surface area contributed by atoms with Crippen molar-refractivity contribution in [2.24, 2.45) is 0 Å². The molecule has 3 aromatic carbocycles. The Balaban J connectivity index is 1.71. The van der Waals surface area contributed by atoms with Crippen LogP contribution in [0.1, 0.15) is 39.5 Å². The van der Waals surface area contributed by atoms with Gasteiger partial charge < -0.3 is 24.4 Å². The predicted molar refractivity (Wildman–Crippen MR) is 130 cm³/mol. The second-order valence-corrected chi connectivity index (χ2v) is 8.28. The van der Waals surface area contributed by atoms with Gasteiger partial charge in [0, 0.05) is 17.8 Å². The van der Waals surface area contributed by atoms with E-state index in [0.29, 0.717) is 46.2 Å². The number of benzene rings is 3. The monoisotopic (exact) mass is 478 g/mol. The summed E-state index contributed by atoms with van der Waals surface area (Å²) in [7, 11) is 4.52. The quantitative estimate of drug-likeness (QED) is 0.499. The number of halogens is 1. The van der Waals surface area contributed by atoms with Crippen LogP contribution in [0.4, 0.5) is 10.1 Å². The van der Waals surface area contributed by atoms with Gasteiger partial charge in [0.15, 0.2) is 11.5 Å². The fourth-order valence-corrected chi connectivity index (χ4v) is 4.29. The number of rotatable bonds is 8. The van der Waals surface area contributed by atoms with E-state index in [1.165, 1.54) is 27.4 Å². The zero-order valence-corrected chi connectivity index (χ0v) is 20.1. The van der Waals surface area contributed by atoms with E-state index in [4.69, 9.17) is 14.2 Å². The van der Waals surface area contributed by atoms with E-state index >= 15 is 0 Å². The first-order chi connectivity index (χ1) is 16.9. The summed E-state index contributed by atoms with van der Waals surface area (Å²) in [5.74, 6) is 0.292. The highest BCUT2D eigenvalue weighted by Gasteiger charge is 2.35. The Morgan fingerprint density at radius 3 is 2.31 bits per heavy atom. The molecule has 0 saturated heterocycles. The minimum absolute atomic E-state index is 0.0616. The minimum atomic E-state index is -0.640. The lowest BCUT2D eigenvalue weighted by atomic mass is 10.00. The Morgan fingerprint density at radius 2 is 1.71 bits per heavy atom. The third kappa shape index (κ3) is 4.77. The summed E-state index contributed by atoms with van der Waals surface area (Å²) in [6.45, 7) is 2.00. The van der Waals surface area contributed by atoms with Crippen LogP contribution in [0, 0.1) is 12.7 Å². The highest BCUT2D eigenvalue weighted by Crippen LogP contribution is 2.43. The molecule has 1 aliphatic rings. The van der Waals surface area contributed by atoms with Crippen LogP contribution in [0.5, 0.6) is 17.2 Å². The number of anilines is 1. The number of ether oxygens (including phenoxy) is 3. The average Bonchev–Trinajstić information content (AvgIpc) is 3.20. The van der Waals surface area contributed by atoms with Gasteiger partial charge in [0.2, 0.25) is 11.7 Å². The first kappa shape index (κ1) is 24.1. The standard InChI is InChI=1S/C27H27FN2O5/c1-16-9-10-19(13-21(16)28)29-25(31)14-22(30-15-17-7-5-6-8-20(17)27(30)32)18-11-23(33-2)26(35-4)24(12-18)34-3/h5-13,22H,14-15H2,1-4H3,(H,29,31)/t22-/m0/s1. The summed E-state index contributed by atoms with van der Waals surface area (Å²) in [4.78, 5) is 28.1. The minimum Gasteiger partial charge on any atom is -0.493 e. The normalized spacial score (nSPS) is 13.3. The van der Waals surface area contributed by atoms with E-state index in [1.807, 2.05) is 18.2 Å². The summed E-state index contributed by atoms with van der Waals surface area (Å²) < 4.78 is 30.4. The Hall–Kier alpha value is -4.07. The summed E-state index contributed by atoms with van der Waals surface area (Å²) in [6, 6.07) is 14.7. The molecule has 0 unspecified atom stereocenters. The molecule has 0 aromatic heterocycles. The fourth-order valence-electron chi connectivity index (χ4n) is 4.29. The number of methoxy groups -OCH3 is 3. The van der Waals surface area contributed by atoms with Gasteiger partial charge in [-0.15, -0.1) is 0 Å². The van der Waals surface area contributed by atoms with Gasteiger partial charge in [0.05, 0.1) is 33.8 Å². The first-order valence-corrected chi connectivity index (χ1v) is 11.1. The number of fused-ring (bicyclic) bond motifs is 1. The molecule has 3 aromatic rings. The summed E-state index contributed by atoms with van der Waals surface area (Å²) >= 11 is 0. The lowest BCUT2D eigenvalue weighted by Crippen LogP contribution is -2.32. The fraction of sp³-hybridized carbons (Fsp3) is 0.259. The third-order valence-corrected chi connectivity index (χ3v) is 6.13. The van der Waals surface area contributed by atoms with Gasteiger partial charge in [0.25, 0.3) is 5.91 Å². The zero-order valence-electron chi connectivity index (χ0n) is 20.1. The van der Waals surface area contributed by atoms with E-state index in [2.05, 4.69) is 5.32 Å². The van der Waals surface area contributed by atoms with Crippen molar-refractivity contribution in [3.63, 3.8) is 0 Å². The Bertz CT molecular complexity index is 1250. The van der Waals surface area contributed by atoms with Gasteiger partial charge in [-0.1, -0.05) is 24.3 Å². The molecule has 1 N–H and O–H groups in total. The van der Waals surface area contributed by atoms with Crippen LogP contribution in [0.15, 0.2) is 54.6 Å². The highest BCUT2D eigenvalue weighted by atomic mass is 19.1. The van der Waals surface area contributed by atoms with Gasteiger partial charge in [0.1, 0.15) is 5.82 Å². The molecule has 0 fully saturated rings. The molecule has 1 heterocycles. The lowest BCUT2D eigenvalue weighted by molar-refractivity contribution is -0.117. The van der Waals surface area contributed by atoms with Crippen LogP contribution in [-0.2, 0) is 11.3 Å². The van der Waals surface area contributed by atoms with Gasteiger partial charge in [-0.3, -0.25) is 9.59 Å². The molecule has 182 valence electrons. The maximum atomic E-state index is 14.0. The molecule has 2 amide bonds. The number of carbonyl (C=O) groups is 2. The third-order valence-electron chi connectivity index (χ3n) is 6.13. The molecule has 35 heavy (non-hydrogen) atoms. The maximum absolute atomic E-state index is 14.0. The molecule has 0 radical (unpaired) electrons. The number of aryl methyl sites for hydroxylation is 1. The van der Waals surface area contributed by atoms with Crippen LogP contribution in [0.2, 0.25) is 0 Å². The van der Waals surface area contributed by atoms with Gasteiger partial charge in [-0.05, 0) is 53.9 Å². The Kier molecular flexibility index (Phi) is 6.91. The predicted octanol–water partition coefficient (Wildman–Crippen LogP) is 4.89. The molecule has 0 bridgehead atoms. The van der Waals surface area contributed by atoms with Crippen LogP contribution < -0.4 is 19.5 Å². The van der Waals surface area contributed by atoms with Crippen molar-refractivity contribution in [1.29, 1.82) is 0 Å². The molecule has 0 spiro atoms. The number of nitrogens with one attached hydrogen (secondary N) is 1. The first-order valence-electron chi connectivity index (χ1n) is 11.1. The Morgan fingerprint density at radius 1 is 1.03 bits per heavy atom. The van der Waals surface area contributed by atoms with Crippen molar-refractivity contribution in [3.8, 4) is 17.2 Å². The lowest BCUT2D eigenvalue weighted by Gasteiger charge is -2.29. The number of hydrogen-bond donors (Lipinski definition) is 1. The molecule has 7 nitrogen and oxygen atoms in total. The van der Waals surface area contributed by atoms with Crippen LogP contribution in [-0.4, -0.2) is 38.0 Å². The smallest absolute Gasteiger partial charge is 0.255 e. The number of nitrogens with zero attached hydrogens (tertiary/aromatic N) is 1. The van der Waals surface area contributed by atoms with Crippen molar-refractivity contribution < 1.29 is 28.2 Å². The topological polar surface area (TPSA) is 77.1 Å². The van der Waals surface area contributed by atoms with E-state index < -0.39 is 11.9 Å². The molecular weight excluding hydrogens is 451 g/mol. The van der Waals surface area contributed by atoms with E-state index in [1.54, 1.807) is 42.2 Å². The largest absolute Gasteiger partial charge is 0.493 e. The second-order valence-electron chi connectivity index (χ2n) is 8.28.